The fourth-order valence-corrected chi connectivity index (χ4v) is 3.53. The van der Waals surface area contributed by atoms with Crippen LogP contribution in [0, 0.1) is 12.7 Å². The van der Waals surface area contributed by atoms with Gasteiger partial charge >= 0.3 is 0 Å². The van der Waals surface area contributed by atoms with Gasteiger partial charge < -0.3 is 9.73 Å². The van der Waals surface area contributed by atoms with Gasteiger partial charge in [-0.05, 0) is 49.4 Å². The molecule has 0 aliphatic heterocycles. The first-order chi connectivity index (χ1) is 14.9. The van der Waals surface area contributed by atoms with Crippen molar-refractivity contribution in [1.29, 1.82) is 0 Å². The highest BCUT2D eigenvalue weighted by Crippen LogP contribution is 2.31. The number of nitrogens with zero attached hydrogens (tertiary/aromatic N) is 3. The van der Waals surface area contributed by atoms with Crippen molar-refractivity contribution < 1.29 is 13.6 Å². The smallest absolute Gasteiger partial charge is 0.226 e. The van der Waals surface area contributed by atoms with E-state index in [1.807, 2.05) is 6.92 Å². The topological polar surface area (TPSA) is 73.0 Å². The predicted octanol–water partition coefficient (Wildman–Crippen LogP) is 5.85. The van der Waals surface area contributed by atoms with Gasteiger partial charge in [0.1, 0.15) is 11.6 Å². The number of halogens is 3. The van der Waals surface area contributed by atoms with Gasteiger partial charge in [-0.3, -0.25) is 4.79 Å². The van der Waals surface area contributed by atoms with E-state index in [1.54, 1.807) is 47.3 Å². The average Bonchev–Trinajstić information content (AvgIpc) is 3.33. The molecule has 0 fully saturated rings. The molecule has 0 bridgehead atoms. The number of rotatable bonds is 6. The van der Waals surface area contributed by atoms with E-state index in [2.05, 4.69) is 15.4 Å². The molecule has 0 atom stereocenters. The Balaban J connectivity index is 1.42. The van der Waals surface area contributed by atoms with Crippen LogP contribution in [0.15, 0.2) is 59.1 Å². The summed E-state index contributed by atoms with van der Waals surface area (Å²) < 4.78 is 20.5. The molecule has 9 heteroatoms. The predicted molar refractivity (Wildman–Crippen MR) is 117 cm³/mol. The lowest BCUT2D eigenvalue weighted by atomic mass is 10.2. The largest absolute Gasteiger partial charge is 0.441 e. The van der Waals surface area contributed by atoms with Crippen LogP contribution in [0.5, 0.6) is 0 Å². The molecule has 0 spiro atoms. The summed E-state index contributed by atoms with van der Waals surface area (Å²) in [6, 6.07) is 12.7. The Morgan fingerprint density at radius 1 is 1.16 bits per heavy atom. The van der Waals surface area contributed by atoms with Gasteiger partial charge in [-0.1, -0.05) is 23.2 Å². The van der Waals surface area contributed by atoms with Crippen LogP contribution in [0.4, 0.5) is 10.2 Å². The molecule has 0 saturated carbocycles. The molecule has 4 aromatic rings. The molecule has 0 aliphatic carbocycles. The minimum atomic E-state index is -0.344. The fourth-order valence-electron chi connectivity index (χ4n) is 3.03. The van der Waals surface area contributed by atoms with E-state index in [4.69, 9.17) is 27.6 Å². The summed E-state index contributed by atoms with van der Waals surface area (Å²) in [4.78, 5) is 16.7. The highest BCUT2D eigenvalue weighted by molar-refractivity contribution is 6.36. The molecule has 1 N–H and O–H groups in total. The molecule has 0 unspecified atom stereocenters. The molecule has 1 amide bonds. The maximum absolute atomic E-state index is 13.2. The first kappa shape index (κ1) is 21.1. The summed E-state index contributed by atoms with van der Waals surface area (Å²) in [6.45, 7) is 1.81. The number of aromatic nitrogens is 3. The number of amides is 1. The molecular weight excluding hydrogens is 442 g/mol. The number of oxazole rings is 1. The van der Waals surface area contributed by atoms with Crippen LogP contribution in [-0.2, 0) is 11.2 Å². The minimum Gasteiger partial charge on any atom is -0.441 e. The second-order valence-electron chi connectivity index (χ2n) is 6.85. The maximum atomic E-state index is 13.2. The molecule has 31 heavy (non-hydrogen) atoms. The van der Waals surface area contributed by atoms with E-state index >= 15 is 0 Å². The van der Waals surface area contributed by atoms with Crippen molar-refractivity contribution in [3.05, 3.63) is 82.2 Å². The van der Waals surface area contributed by atoms with Crippen LogP contribution in [0.3, 0.4) is 0 Å². The minimum absolute atomic E-state index is 0.155. The number of hydrogen-bond acceptors (Lipinski definition) is 4. The van der Waals surface area contributed by atoms with Crippen molar-refractivity contribution in [2.45, 2.75) is 19.8 Å². The summed E-state index contributed by atoms with van der Waals surface area (Å²) in [5, 5.41) is 8.17. The van der Waals surface area contributed by atoms with Gasteiger partial charge in [-0.2, -0.15) is 5.10 Å². The number of carbonyl (C=O) groups excluding carboxylic acids is 1. The lowest BCUT2D eigenvalue weighted by molar-refractivity contribution is -0.116. The van der Waals surface area contributed by atoms with Gasteiger partial charge in [0.25, 0.3) is 0 Å². The summed E-state index contributed by atoms with van der Waals surface area (Å²) in [7, 11) is 0. The first-order valence-corrected chi connectivity index (χ1v) is 10.2. The van der Waals surface area contributed by atoms with Gasteiger partial charge in [0.15, 0.2) is 11.7 Å². The van der Waals surface area contributed by atoms with E-state index in [-0.39, 0.29) is 18.1 Å². The number of carbonyl (C=O) groups is 1. The third-order valence-corrected chi connectivity index (χ3v) is 5.03. The standard InChI is InChI=1S/C22H17Cl2FN4O2/c1-13-10-20(29(28-13)16-5-3-15(25)4-6-16)27-21(30)8-9-22-26-12-19(31-22)17-7-2-14(23)11-18(17)24/h2-7,10-12H,8-9H2,1H3,(H,27,30). The van der Waals surface area contributed by atoms with Crippen molar-refractivity contribution >= 4 is 34.9 Å². The molecule has 0 aliphatic rings. The van der Waals surface area contributed by atoms with Crippen molar-refractivity contribution in [1.82, 2.24) is 14.8 Å². The zero-order valence-electron chi connectivity index (χ0n) is 16.4. The van der Waals surface area contributed by atoms with Crippen LogP contribution in [0.2, 0.25) is 10.0 Å². The number of aryl methyl sites for hydroxylation is 2. The van der Waals surface area contributed by atoms with E-state index in [0.717, 1.165) is 5.69 Å². The van der Waals surface area contributed by atoms with Gasteiger partial charge in [0.2, 0.25) is 5.91 Å². The number of benzene rings is 2. The van der Waals surface area contributed by atoms with Crippen molar-refractivity contribution in [3.63, 3.8) is 0 Å². The van der Waals surface area contributed by atoms with Crippen LogP contribution in [0.25, 0.3) is 17.0 Å². The van der Waals surface area contributed by atoms with Gasteiger partial charge in [0.05, 0.1) is 22.6 Å². The molecular formula is C22H17Cl2FN4O2. The van der Waals surface area contributed by atoms with Crippen LogP contribution >= 0.6 is 23.2 Å². The summed E-state index contributed by atoms with van der Waals surface area (Å²) in [5.74, 6) is 0.840. The molecule has 2 heterocycles. The van der Waals surface area contributed by atoms with Gasteiger partial charge in [-0.15, -0.1) is 0 Å². The third kappa shape index (κ3) is 4.95. The number of nitrogens with one attached hydrogen (secondary N) is 1. The molecule has 2 aromatic carbocycles. The van der Waals surface area contributed by atoms with E-state index in [9.17, 15) is 9.18 Å². The Labute approximate surface area is 187 Å². The van der Waals surface area contributed by atoms with Crippen molar-refractivity contribution in [2.24, 2.45) is 0 Å². The molecule has 0 radical (unpaired) electrons. The second kappa shape index (κ2) is 8.91. The van der Waals surface area contributed by atoms with Crippen LogP contribution in [-0.4, -0.2) is 20.7 Å². The molecule has 158 valence electrons. The lowest BCUT2D eigenvalue weighted by Crippen LogP contribution is -2.15. The van der Waals surface area contributed by atoms with Crippen LogP contribution < -0.4 is 5.32 Å². The van der Waals surface area contributed by atoms with Gasteiger partial charge in [-0.25, -0.2) is 14.1 Å². The number of hydrogen-bond donors (Lipinski definition) is 1. The Morgan fingerprint density at radius 2 is 1.94 bits per heavy atom. The second-order valence-corrected chi connectivity index (χ2v) is 7.69. The van der Waals surface area contributed by atoms with E-state index < -0.39 is 0 Å². The number of anilines is 1. The maximum Gasteiger partial charge on any atom is 0.226 e. The van der Waals surface area contributed by atoms with Crippen molar-refractivity contribution in [2.75, 3.05) is 5.32 Å². The zero-order valence-corrected chi connectivity index (χ0v) is 17.9. The fraction of sp³-hybridized carbons (Fsp3) is 0.136. The third-order valence-electron chi connectivity index (χ3n) is 4.49. The molecule has 4 rings (SSSR count). The highest BCUT2D eigenvalue weighted by atomic mass is 35.5. The summed E-state index contributed by atoms with van der Waals surface area (Å²) >= 11 is 12.1. The zero-order chi connectivity index (χ0) is 22.0. The monoisotopic (exact) mass is 458 g/mol. The van der Waals surface area contributed by atoms with Crippen molar-refractivity contribution in [3.8, 4) is 17.0 Å². The molecule has 6 nitrogen and oxygen atoms in total. The summed E-state index contributed by atoms with van der Waals surface area (Å²) in [6.07, 6.45) is 2.03. The quantitative estimate of drug-likeness (QED) is 0.393. The highest BCUT2D eigenvalue weighted by Gasteiger charge is 2.14. The Kier molecular flexibility index (Phi) is 6.06. The van der Waals surface area contributed by atoms with Crippen LogP contribution in [0.1, 0.15) is 18.0 Å². The SMILES string of the molecule is Cc1cc(NC(=O)CCc2ncc(-c3ccc(Cl)cc3Cl)o2)n(-c2ccc(F)cc2)n1. The molecule has 0 saturated heterocycles. The average molecular weight is 459 g/mol. The normalized spacial score (nSPS) is 11.0. The van der Waals surface area contributed by atoms with Gasteiger partial charge in [0, 0.05) is 29.5 Å². The van der Waals surface area contributed by atoms with E-state index in [1.165, 1.54) is 12.1 Å². The molecule has 2 aromatic heterocycles. The Morgan fingerprint density at radius 3 is 2.68 bits per heavy atom. The van der Waals surface area contributed by atoms with E-state index in [0.29, 0.717) is 45.2 Å². The Hall–Kier alpha value is -3.16. The lowest BCUT2D eigenvalue weighted by Gasteiger charge is -2.08. The summed E-state index contributed by atoms with van der Waals surface area (Å²) in [5.41, 5.74) is 2.03. The first-order valence-electron chi connectivity index (χ1n) is 9.41. The Bertz CT molecular complexity index is 1230.